The first-order valence-corrected chi connectivity index (χ1v) is 14.1. The summed E-state index contributed by atoms with van der Waals surface area (Å²) in [5.41, 5.74) is 3.89. The summed E-state index contributed by atoms with van der Waals surface area (Å²) in [6.45, 7) is 1.20. The van der Waals surface area contributed by atoms with E-state index in [1.807, 2.05) is 77.5 Å². The zero-order valence-electron chi connectivity index (χ0n) is 21.0. The van der Waals surface area contributed by atoms with Crippen LogP contribution < -0.4 is 14.8 Å². The molecule has 0 aliphatic heterocycles. The molecule has 0 unspecified atom stereocenters. The highest BCUT2D eigenvalue weighted by atomic mass is 32.2. The number of carbonyl (C=O) groups is 1. The fraction of sp³-hybridized carbons (Fsp3) is 0.167. The summed E-state index contributed by atoms with van der Waals surface area (Å²) in [6, 6.07) is 31.7. The van der Waals surface area contributed by atoms with Crippen molar-refractivity contribution in [3.8, 4) is 22.6 Å². The molecule has 8 heteroatoms. The largest absolute Gasteiger partial charge is 0.457 e. The van der Waals surface area contributed by atoms with Gasteiger partial charge in [0.2, 0.25) is 10.0 Å². The van der Waals surface area contributed by atoms with Crippen LogP contribution in [0.1, 0.15) is 27.6 Å². The van der Waals surface area contributed by atoms with Gasteiger partial charge in [0.15, 0.2) is 0 Å². The molecule has 0 saturated carbocycles. The summed E-state index contributed by atoms with van der Waals surface area (Å²) >= 11 is 0. The van der Waals surface area contributed by atoms with E-state index >= 15 is 0 Å². The Balaban J connectivity index is 1.44. The van der Waals surface area contributed by atoms with Gasteiger partial charge in [-0.25, -0.2) is 13.1 Å². The maximum absolute atomic E-state index is 12.6. The van der Waals surface area contributed by atoms with Crippen LogP contribution in [0.5, 0.6) is 11.5 Å². The lowest BCUT2D eigenvalue weighted by Gasteiger charge is -2.14. The summed E-state index contributed by atoms with van der Waals surface area (Å²) in [7, 11) is -3.73. The molecule has 4 rings (SSSR count). The highest BCUT2D eigenvalue weighted by molar-refractivity contribution is 7.89. The number of para-hydroxylation sites is 1. The van der Waals surface area contributed by atoms with Crippen LogP contribution >= 0.6 is 0 Å². The molecule has 0 heterocycles. The van der Waals surface area contributed by atoms with E-state index in [0.717, 1.165) is 41.5 Å². The Hall–Kier alpha value is -3.98. The molecule has 38 heavy (non-hydrogen) atoms. The van der Waals surface area contributed by atoms with E-state index in [-0.39, 0.29) is 11.3 Å². The Morgan fingerprint density at radius 1 is 0.868 bits per heavy atom. The average molecular weight is 531 g/mol. The number of carbonyl (C=O) groups excluding carboxylic acids is 1. The lowest BCUT2D eigenvalue weighted by molar-refractivity contribution is 0.0979. The predicted molar refractivity (Wildman–Crippen MR) is 149 cm³/mol. The number of benzene rings is 4. The highest BCUT2D eigenvalue weighted by Crippen LogP contribution is 2.31. The van der Waals surface area contributed by atoms with E-state index in [0.29, 0.717) is 12.3 Å². The summed E-state index contributed by atoms with van der Waals surface area (Å²) in [5, 5.41) is 13.6. The van der Waals surface area contributed by atoms with Crippen LogP contribution in [0.3, 0.4) is 0 Å². The minimum Gasteiger partial charge on any atom is -0.457 e. The predicted octanol–water partition coefficient (Wildman–Crippen LogP) is 4.70. The number of sulfonamides is 1. The third-order valence-electron chi connectivity index (χ3n) is 5.88. The van der Waals surface area contributed by atoms with E-state index < -0.39 is 22.0 Å². The van der Waals surface area contributed by atoms with Crippen LogP contribution in [0.2, 0.25) is 0 Å². The molecule has 0 saturated heterocycles. The first kappa shape index (κ1) is 27.1. The summed E-state index contributed by atoms with van der Waals surface area (Å²) in [5.74, 6) is 0.0172. The maximum atomic E-state index is 12.6. The molecule has 0 radical (unpaired) electrons. The normalized spacial score (nSPS) is 12.1. The molecule has 1 atom stereocenters. The van der Waals surface area contributed by atoms with E-state index in [4.69, 9.17) is 4.74 Å². The first-order chi connectivity index (χ1) is 18.3. The Morgan fingerprint density at radius 2 is 1.50 bits per heavy atom. The average Bonchev–Trinajstić information content (AvgIpc) is 2.91. The van der Waals surface area contributed by atoms with Gasteiger partial charge in [0.05, 0.1) is 17.9 Å². The van der Waals surface area contributed by atoms with E-state index in [2.05, 4.69) is 5.32 Å². The maximum Gasteiger partial charge on any atom is 0.268 e. The van der Waals surface area contributed by atoms with E-state index in [1.165, 1.54) is 0 Å². The molecular formula is C30H30N2O5S. The summed E-state index contributed by atoms with van der Waals surface area (Å²) in [6.07, 6.45) is 1.18. The number of nitrogens with one attached hydrogen (secondary N) is 2. The van der Waals surface area contributed by atoms with Crippen molar-refractivity contribution in [3.63, 3.8) is 0 Å². The lowest BCUT2D eigenvalue weighted by atomic mass is 10.0. The summed E-state index contributed by atoms with van der Waals surface area (Å²) in [4.78, 5) is 12.6. The molecule has 196 valence electrons. The van der Waals surface area contributed by atoms with E-state index in [9.17, 15) is 18.3 Å². The molecule has 0 fully saturated rings. The van der Waals surface area contributed by atoms with Gasteiger partial charge >= 0.3 is 0 Å². The fourth-order valence-electron chi connectivity index (χ4n) is 3.94. The molecule has 7 nitrogen and oxygen atoms in total. The van der Waals surface area contributed by atoms with Gasteiger partial charge in [-0.15, -0.1) is 0 Å². The molecule has 0 bridgehead atoms. The zero-order valence-corrected chi connectivity index (χ0v) is 21.8. The van der Waals surface area contributed by atoms with Crippen molar-refractivity contribution in [2.24, 2.45) is 0 Å². The molecule has 4 aromatic rings. The molecule has 3 N–H and O–H groups in total. The van der Waals surface area contributed by atoms with Gasteiger partial charge in [-0.1, -0.05) is 78.9 Å². The Labute approximate surface area is 223 Å². The monoisotopic (exact) mass is 530 g/mol. The fourth-order valence-corrected chi connectivity index (χ4v) is 4.39. The van der Waals surface area contributed by atoms with Gasteiger partial charge in [0, 0.05) is 6.54 Å². The van der Waals surface area contributed by atoms with Crippen molar-refractivity contribution in [1.29, 1.82) is 0 Å². The smallest absolute Gasteiger partial charge is 0.268 e. The van der Waals surface area contributed by atoms with Crippen molar-refractivity contribution in [2.45, 2.75) is 12.5 Å². The van der Waals surface area contributed by atoms with Gasteiger partial charge in [-0.3, -0.25) is 4.79 Å². The van der Waals surface area contributed by atoms with Gasteiger partial charge < -0.3 is 15.2 Å². The van der Waals surface area contributed by atoms with Crippen molar-refractivity contribution >= 4 is 15.9 Å². The number of ether oxygens (including phenoxy) is 1. The second-order valence-corrected chi connectivity index (χ2v) is 10.7. The number of hydrogen-bond donors (Lipinski definition) is 3. The van der Waals surface area contributed by atoms with Gasteiger partial charge in [0.1, 0.15) is 11.5 Å². The van der Waals surface area contributed by atoms with E-state index in [1.54, 1.807) is 30.3 Å². The number of rotatable bonds is 11. The minimum atomic E-state index is -3.73. The van der Waals surface area contributed by atoms with Crippen LogP contribution in [0.4, 0.5) is 0 Å². The molecule has 0 aliphatic carbocycles. The quantitative estimate of drug-likeness (QED) is 0.243. The third kappa shape index (κ3) is 7.76. The number of aliphatic hydroxyl groups excluding tert-OH is 1. The third-order valence-corrected chi connectivity index (χ3v) is 6.43. The molecule has 1 amide bonds. The van der Waals surface area contributed by atoms with Crippen LogP contribution in [-0.4, -0.2) is 38.8 Å². The SMILES string of the molecule is CS(=O)(=O)NC(=O)c1ccc(-c2ccc(CCNC[C@@H](O)c3ccccc3)cc2)cc1Oc1ccccc1. The number of hydrogen-bond acceptors (Lipinski definition) is 6. The second kappa shape index (κ2) is 12.5. The van der Waals surface area contributed by atoms with Crippen molar-refractivity contribution < 1.29 is 23.1 Å². The van der Waals surface area contributed by atoms with Crippen LogP contribution in [0.25, 0.3) is 11.1 Å². The lowest BCUT2D eigenvalue weighted by Crippen LogP contribution is -2.29. The topological polar surface area (TPSA) is 105 Å². The van der Waals surface area contributed by atoms with Gasteiger partial charge in [-0.05, 0) is 59.5 Å². The van der Waals surface area contributed by atoms with Crippen LogP contribution in [0.15, 0.2) is 103 Å². The van der Waals surface area contributed by atoms with Gasteiger partial charge in [-0.2, -0.15) is 0 Å². The molecular weight excluding hydrogens is 500 g/mol. The van der Waals surface area contributed by atoms with Crippen molar-refractivity contribution in [1.82, 2.24) is 10.0 Å². The highest BCUT2D eigenvalue weighted by Gasteiger charge is 2.18. The molecule has 4 aromatic carbocycles. The first-order valence-electron chi connectivity index (χ1n) is 12.2. The second-order valence-electron chi connectivity index (χ2n) is 8.91. The number of amides is 1. The minimum absolute atomic E-state index is 0.114. The number of aliphatic hydroxyl groups is 1. The standard InChI is InChI=1S/C30H30N2O5S/c1-38(35,36)32-30(34)27-17-16-25(20-29(27)37-26-10-6-3-7-11-26)23-14-12-22(13-15-23)18-19-31-21-28(33)24-8-4-2-5-9-24/h2-17,20,28,31,33H,18-19,21H2,1H3,(H,32,34)/t28-/m1/s1. The van der Waals surface area contributed by atoms with Crippen LogP contribution in [-0.2, 0) is 16.4 Å². The Bertz CT molecular complexity index is 1460. The molecule has 0 spiro atoms. The molecule has 0 aromatic heterocycles. The Morgan fingerprint density at radius 3 is 2.16 bits per heavy atom. The van der Waals surface area contributed by atoms with Gasteiger partial charge in [0.25, 0.3) is 5.91 Å². The van der Waals surface area contributed by atoms with Crippen LogP contribution in [0, 0.1) is 0 Å². The van der Waals surface area contributed by atoms with Crippen molar-refractivity contribution in [3.05, 3.63) is 120 Å². The Kier molecular flexibility index (Phi) is 8.91. The van der Waals surface area contributed by atoms with Crippen molar-refractivity contribution in [2.75, 3.05) is 19.3 Å². The molecule has 0 aliphatic rings. The summed E-state index contributed by atoms with van der Waals surface area (Å²) < 4.78 is 31.2. The zero-order chi connectivity index (χ0) is 27.0.